The Morgan fingerprint density at radius 3 is 2.21 bits per heavy atom. The van der Waals surface area contributed by atoms with Crippen LogP contribution in [0.3, 0.4) is 0 Å². The minimum Gasteiger partial charge on any atom is -0.454 e. The van der Waals surface area contributed by atoms with E-state index in [4.69, 9.17) is 4.74 Å². The van der Waals surface area contributed by atoms with E-state index in [1.54, 1.807) is 0 Å². The predicted octanol–water partition coefficient (Wildman–Crippen LogP) is 3.55. The van der Waals surface area contributed by atoms with Crippen molar-refractivity contribution >= 4 is 23.7 Å². The zero-order valence-electron chi connectivity index (χ0n) is 19.7. The molecule has 7 nitrogen and oxygen atoms in total. The van der Waals surface area contributed by atoms with Crippen LogP contribution in [0, 0.1) is 17.8 Å². The molecule has 0 spiro atoms. The van der Waals surface area contributed by atoms with Crippen molar-refractivity contribution < 1.29 is 23.9 Å². The topological polar surface area (TPSA) is 92.8 Å². The average Bonchev–Trinajstić information content (AvgIpc) is 3.06. The van der Waals surface area contributed by atoms with Crippen molar-refractivity contribution in [3.63, 3.8) is 0 Å². The summed E-state index contributed by atoms with van der Waals surface area (Å²) < 4.78 is 5.33. The zero-order chi connectivity index (χ0) is 24.0. The largest absolute Gasteiger partial charge is 0.454 e. The first-order valence-corrected chi connectivity index (χ1v) is 11.9. The molecule has 1 heterocycles. The highest BCUT2D eigenvalue weighted by Gasteiger charge is 2.51. The maximum atomic E-state index is 13.0. The van der Waals surface area contributed by atoms with Gasteiger partial charge in [0.05, 0.1) is 17.9 Å². The third kappa shape index (κ3) is 5.89. The number of likely N-dealkylation sites (tertiary alicyclic amines) is 1. The Hall–Kier alpha value is -2.96. The number of benzene rings is 1. The molecule has 0 saturated carbocycles. The van der Waals surface area contributed by atoms with Gasteiger partial charge in [0.1, 0.15) is 6.04 Å². The van der Waals surface area contributed by atoms with Gasteiger partial charge in [-0.25, -0.2) is 4.79 Å². The lowest BCUT2D eigenvalue weighted by molar-refractivity contribution is -0.161. The minimum absolute atomic E-state index is 0.0599. The maximum absolute atomic E-state index is 13.0. The fourth-order valence-corrected chi connectivity index (χ4v) is 4.65. The molecule has 2 aliphatic rings. The molecule has 0 bridgehead atoms. The van der Waals surface area contributed by atoms with Gasteiger partial charge in [-0.1, -0.05) is 69.7 Å². The molecular weight excluding hydrogens is 420 g/mol. The second kappa shape index (κ2) is 11.3. The number of hydrogen-bond donors (Lipinski definition) is 1. The zero-order valence-corrected chi connectivity index (χ0v) is 19.7. The number of nitrogens with zero attached hydrogens (tertiary/aromatic N) is 1. The molecule has 1 aromatic rings. The normalized spacial score (nSPS) is 21.6. The van der Waals surface area contributed by atoms with Crippen molar-refractivity contribution in [3.05, 3.63) is 48.0 Å². The minimum atomic E-state index is -1.01. The molecule has 7 heteroatoms. The molecule has 0 aromatic heterocycles. The summed E-state index contributed by atoms with van der Waals surface area (Å²) in [6, 6.07) is 8.46. The molecule has 3 rings (SSSR count). The second-order valence-corrected chi connectivity index (χ2v) is 9.27. The van der Waals surface area contributed by atoms with E-state index in [-0.39, 0.29) is 23.8 Å². The number of allylic oxidation sites excluding steroid dienone is 2. The molecule has 4 atom stereocenters. The lowest BCUT2D eigenvalue weighted by Gasteiger charge is -2.26. The third-order valence-corrected chi connectivity index (χ3v) is 6.28. The van der Waals surface area contributed by atoms with E-state index in [0.717, 1.165) is 23.3 Å². The average molecular weight is 455 g/mol. The van der Waals surface area contributed by atoms with Crippen LogP contribution in [0.4, 0.5) is 0 Å². The van der Waals surface area contributed by atoms with Gasteiger partial charge in [-0.05, 0) is 37.2 Å². The van der Waals surface area contributed by atoms with Crippen molar-refractivity contribution in [3.8, 4) is 0 Å². The first-order valence-electron chi connectivity index (χ1n) is 11.9. The summed E-state index contributed by atoms with van der Waals surface area (Å²) in [6.45, 7) is 5.42. The lowest BCUT2D eigenvalue weighted by Crippen LogP contribution is -2.47. The van der Waals surface area contributed by atoms with Gasteiger partial charge in [-0.2, -0.15) is 0 Å². The van der Waals surface area contributed by atoms with Crippen LogP contribution in [-0.4, -0.2) is 41.2 Å². The van der Waals surface area contributed by atoms with E-state index in [9.17, 15) is 19.2 Å². The van der Waals surface area contributed by atoms with E-state index in [1.807, 2.05) is 63.3 Å². The van der Waals surface area contributed by atoms with Crippen LogP contribution >= 0.6 is 0 Å². The number of esters is 1. The van der Waals surface area contributed by atoms with E-state index in [2.05, 4.69) is 5.32 Å². The summed E-state index contributed by atoms with van der Waals surface area (Å²) >= 11 is 0. The van der Waals surface area contributed by atoms with Gasteiger partial charge in [0, 0.05) is 0 Å². The summed E-state index contributed by atoms with van der Waals surface area (Å²) in [5.41, 5.74) is 0.987. The quantitative estimate of drug-likeness (QED) is 0.332. The van der Waals surface area contributed by atoms with Crippen LogP contribution in [0.2, 0.25) is 0 Å². The Morgan fingerprint density at radius 1 is 1.06 bits per heavy atom. The van der Waals surface area contributed by atoms with Gasteiger partial charge < -0.3 is 10.1 Å². The van der Waals surface area contributed by atoms with Gasteiger partial charge in [0.15, 0.2) is 6.61 Å². The number of hydrogen-bond acceptors (Lipinski definition) is 5. The lowest BCUT2D eigenvalue weighted by atomic mass is 9.85. The Balaban J connectivity index is 1.65. The van der Waals surface area contributed by atoms with Crippen LogP contribution in [0.25, 0.3) is 0 Å². The first kappa shape index (κ1) is 24.7. The van der Waals surface area contributed by atoms with Gasteiger partial charge >= 0.3 is 5.97 Å². The molecule has 0 radical (unpaired) electrons. The van der Waals surface area contributed by atoms with Crippen molar-refractivity contribution in [1.29, 1.82) is 0 Å². The summed E-state index contributed by atoms with van der Waals surface area (Å²) in [5.74, 6) is -2.50. The van der Waals surface area contributed by atoms with Gasteiger partial charge in [0.2, 0.25) is 11.8 Å². The molecule has 1 aromatic carbocycles. The van der Waals surface area contributed by atoms with Gasteiger partial charge in [-0.3, -0.25) is 19.3 Å². The van der Waals surface area contributed by atoms with Crippen molar-refractivity contribution in [2.45, 2.75) is 65.0 Å². The van der Waals surface area contributed by atoms with Crippen molar-refractivity contribution in [2.75, 3.05) is 6.61 Å². The highest BCUT2D eigenvalue weighted by molar-refractivity contribution is 6.08. The van der Waals surface area contributed by atoms with Crippen LogP contribution in [-0.2, 0) is 23.9 Å². The monoisotopic (exact) mass is 454 g/mol. The molecule has 4 unspecified atom stereocenters. The van der Waals surface area contributed by atoms with E-state index >= 15 is 0 Å². The maximum Gasteiger partial charge on any atom is 0.329 e. The SMILES string of the molecule is CCCC(NC(=O)COC(=O)C(CC(C)C)N1C(=O)C2CC=CCC2C1=O)c1ccccc1. The molecule has 1 aliphatic carbocycles. The molecule has 1 fully saturated rings. The summed E-state index contributed by atoms with van der Waals surface area (Å²) in [7, 11) is 0. The molecule has 1 aliphatic heterocycles. The predicted molar refractivity (Wildman–Crippen MR) is 124 cm³/mol. The summed E-state index contributed by atoms with van der Waals surface area (Å²) in [4.78, 5) is 52.6. The number of nitrogens with one attached hydrogen (secondary N) is 1. The molecular formula is C26H34N2O5. The van der Waals surface area contributed by atoms with E-state index < -0.39 is 36.4 Å². The van der Waals surface area contributed by atoms with Crippen LogP contribution in [0.1, 0.15) is 64.5 Å². The summed E-state index contributed by atoms with van der Waals surface area (Å²) in [5, 5.41) is 2.93. The molecule has 3 amide bonds. The van der Waals surface area contributed by atoms with Crippen LogP contribution < -0.4 is 5.32 Å². The molecule has 33 heavy (non-hydrogen) atoms. The Morgan fingerprint density at radius 2 is 1.67 bits per heavy atom. The van der Waals surface area contributed by atoms with Gasteiger partial charge in [-0.15, -0.1) is 0 Å². The number of rotatable bonds is 10. The van der Waals surface area contributed by atoms with E-state index in [1.165, 1.54) is 0 Å². The summed E-state index contributed by atoms with van der Waals surface area (Å²) in [6.07, 6.45) is 6.78. The van der Waals surface area contributed by atoms with Crippen LogP contribution in [0.15, 0.2) is 42.5 Å². The number of amides is 3. The van der Waals surface area contributed by atoms with E-state index in [0.29, 0.717) is 19.3 Å². The highest BCUT2D eigenvalue weighted by Crippen LogP contribution is 2.37. The van der Waals surface area contributed by atoms with Crippen molar-refractivity contribution in [1.82, 2.24) is 10.2 Å². The Labute approximate surface area is 195 Å². The molecule has 178 valence electrons. The van der Waals surface area contributed by atoms with Crippen molar-refractivity contribution in [2.24, 2.45) is 17.8 Å². The number of carbonyl (C=O) groups is 4. The van der Waals surface area contributed by atoms with Gasteiger partial charge in [0.25, 0.3) is 5.91 Å². The second-order valence-electron chi connectivity index (χ2n) is 9.27. The third-order valence-electron chi connectivity index (χ3n) is 6.28. The first-order chi connectivity index (χ1) is 15.8. The Bertz CT molecular complexity index is 869. The fourth-order valence-electron chi connectivity index (χ4n) is 4.65. The smallest absolute Gasteiger partial charge is 0.329 e. The Kier molecular flexibility index (Phi) is 8.42. The number of carbonyl (C=O) groups excluding carboxylic acids is 4. The van der Waals surface area contributed by atoms with Crippen LogP contribution in [0.5, 0.6) is 0 Å². The standard InChI is InChI=1S/C26H34N2O5/c1-4-10-21(18-11-6-5-7-12-18)27-23(29)16-33-26(32)22(15-17(2)3)28-24(30)19-13-8-9-14-20(19)25(28)31/h5-9,11-12,17,19-22H,4,10,13-16H2,1-3H3,(H,27,29). The highest BCUT2D eigenvalue weighted by atomic mass is 16.5. The molecule has 1 N–H and O–H groups in total. The number of fused-ring (bicyclic) bond motifs is 1. The fraction of sp³-hybridized carbons (Fsp3) is 0.538. The number of ether oxygens (including phenoxy) is 1. The number of imide groups is 1. The molecule has 1 saturated heterocycles.